The van der Waals surface area contributed by atoms with Gasteiger partial charge in [-0.05, 0) is 67.1 Å². The largest absolute Gasteiger partial charge is 0.497 e. The van der Waals surface area contributed by atoms with E-state index < -0.39 is 18.0 Å². The number of benzene rings is 3. The molecule has 238 valence electrons. The predicted octanol–water partition coefficient (Wildman–Crippen LogP) is 4.20. The van der Waals surface area contributed by atoms with Crippen LogP contribution in [0.15, 0.2) is 100 Å². The molecule has 1 aliphatic heterocycles. The van der Waals surface area contributed by atoms with Gasteiger partial charge in [0.15, 0.2) is 16.3 Å². The Kier molecular flexibility index (Phi) is 8.59. The fraction of sp³-hybridized carbons (Fsp3) is 0.171. The zero-order valence-electron chi connectivity index (χ0n) is 26.2. The highest BCUT2D eigenvalue weighted by atomic mass is 32.1. The maximum atomic E-state index is 14.3. The summed E-state index contributed by atoms with van der Waals surface area (Å²) < 4.78 is 24.9. The summed E-state index contributed by atoms with van der Waals surface area (Å²) >= 11 is 1.20. The highest BCUT2D eigenvalue weighted by Crippen LogP contribution is 2.36. The summed E-state index contributed by atoms with van der Waals surface area (Å²) in [5, 5.41) is 4.88. The first-order chi connectivity index (χ1) is 22.7. The number of methoxy groups -OCH3 is 3. The SMILES string of the molecule is COC(=O)C1=C(C)N=c2s/c(=C/c3cn(-c4ccccc4)nc3-c3ccc(OC)cc3)c(=O)n2[C@H]1c1ccc(OC(C)=O)c(OC)c1. The summed E-state index contributed by atoms with van der Waals surface area (Å²) in [6.45, 7) is 2.99. The van der Waals surface area contributed by atoms with Crippen molar-refractivity contribution < 1.29 is 28.5 Å². The standard InChI is InChI=1S/C35H30N4O7S/c1-20-30(34(42)45-5)32(23-13-16-27(46-21(2)40)28(17-23)44-4)39-33(41)29(47-35(39)36-20)18-24-19-38(25-9-7-6-8-10-25)37-31(24)22-11-14-26(43-3)15-12-22/h6-19,32H,1-5H3/b29-18+/t32-/m0/s1. The van der Waals surface area contributed by atoms with Crippen molar-refractivity contribution in [1.29, 1.82) is 0 Å². The third kappa shape index (κ3) is 5.98. The van der Waals surface area contributed by atoms with E-state index in [0.717, 1.165) is 11.3 Å². The average molecular weight is 651 g/mol. The number of carbonyl (C=O) groups excluding carboxylic acids is 2. The molecule has 3 aromatic carbocycles. The molecule has 12 heteroatoms. The molecule has 0 N–H and O–H groups in total. The molecule has 2 aromatic heterocycles. The van der Waals surface area contributed by atoms with Crippen molar-refractivity contribution in [1.82, 2.24) is 14.3 Å². The first-order valence-corrected chi connectivity index (χ1v) is 15.3. The first kappa shape index (κ1) is 31.2. The summed E-state index contributed by atoms with van der Waals surface area (Å²) in [7, 11) is 4.32. The molecular weight excluding hydrogens is 620 g/mol. The van der Waals surface area contributed by atoms with Gasteiger partial charge in [-0.3, -0.25) is 14.2 Å². The van der Waals surface area contributed by atoms with Gasteiger partial charge in [0.25, 0.3) is 5.56 Å². The predicted molar refractivity (Wildman–Crippen MR) is 176 cm³/mol. The lowest BCUT2D eigenvalue weighted by Gasteiger charge is -2.25. The molecule has 3 heterocycles. The fourth-order valence-corrected chi connectivity index (χ4v) is 6.46. The van der Waals surface area contributed by atoms with Crippen LogP contribution in [0, 0.1) is 0 Å². The minimum Gasteiger partial charge on any atom is -0.497 e. The Balaban J connectivity index is 1.55. The summed E-state index contributed by atoms with van der Waals surface area (Å²) in [6, 6.07) is 21.2. The van der Waals surface area contributed by atoms with Crippen molar-refractivity contribution in [2.45, 2.75) is 19.9 Å². The highest BCUT2D eigenvalue weighted by molar-refractivity contribution is 7.07. The smallest absolute Gasteiger partial charge is 0.338 e. The molecule has 0 unspecified atom stereocenters. The Labute approximate surface area is 273 Å². The average Bonchev–Trinajstić information content (AvgIpc) is 3.64. The molecule has 6 rings (SSSR count). The van der Waals surface area contributed by atoms with Crippen molar-refractivity contribution in [2.24, 2.45) is 4.99 Å². The fourth-order valence-electron chi connectivity index (χ4n) is 5.42. The first-order valence-electron chi connectivity index (χ1n) is 14.5. The van der Waals surface area contributed by atoms with Crippen molar-refractivity contribution in [2.75, 3.05) is 21.3 Å². The van der Waals surface area contributed by atoms with Gasteiger partial charge in [0, 0.05) is 24.2 Å². The number of hydrogen-bond donors (Lipinski definition) is 0. The van der Waals surface area contributed by atoms with Gasteiger partial charge >= 0.3 is 11.9 Å². The number of ether oxygens (including phenoxy) is 4. The van der Waals surface area contributed by atoms with Gasteiger partial charge < -0.3 is 18.9 Å². The molecule has 0 saturated carbocycles. The minimum absolute atomic E-state index is 0.199. The summed E-state index contributed by atoms with van der Waals surface area (Å²) in [4.78, 5) is 44.2. The maximum absolute atomic E-state index is 14.3. The minimum atomic E-state index is -0.894. The van der Waals surface area contributed by atoms with E-state index in [1.165, 1.54) is 37.0 Å². The Hall–Kier alpha value is -5.75. The highest BCUT2D eigenvalue weighted by Gasteiger charge is 2.34. The number of allylic oxidation sites excluding steroid dienone is 1. The normalized spacial score (nSPS) is 14.3. The zero-order valence-corrected chi connectivity index (χ0v) is 27.0. The number of carbonyl (C=O) groups is 2. The number of rotatable bonds is 8. The molecule has 0 bridgehead atoms. The summed E-state index contributed by atoms with van der Waals surface area (Å²) in [5.74, 6) is 0.0358. The molecular formula is C35H30N4O7S. The van der Waals surface area contributed by atoms with Crippen LogP contribution in [0.5, 0.6) is 17.2 Å². The maximum Gasteiger partial charge on any atom is 0.338 e. The van der Waals surface area contributed by atoms with Crippen molar-refractivity contribution in [3.63, 3.8) is 0 Å². The van der Waals surface area contributed by atoms with Gasteiger partial charge in [0.2, 0.25) is 0 Å². The van der Waals surface area contributed by atoms with Crippen LogP contribution in [0.25, 0.3) is 23.0 Å². The lowest BCUT2D eigenvalue weighted by atomic mass is 9.95. The summed E-state index contributed by atoms with van der Waals surface area (Å²) in [6.07, 6.45) is 3.66. The molecule has 47 heavy (non-hydrogen) atoms. The van der Waals surface area contributed by atoms with Crippen LogP contribution in [0.3, 0.4) is 0 Å². The number of esters is 2. The van der Waals surface area contributed by atoms with Gasteiger partial charge in [-0.2, -0.15) is 5.10 Å². The van der Waals surface area contributed by atoms with Gasteiger partial charge in [0.1, 0.15) is 11.4 Å². The number of thiazole rings is 1. The second kappa shape index (κ2) is 12.9. The van der Waals surface area contributed by atoms with E-state index >= 15 is 0 Å². The summed E-state index contributed by atoms with van der Waals surface area (Å²) in [5.41, 5.74) is 3.85. The molecule has 11 nitrogen and oxygen atoms in total. The van der Waals surface area contributed by atoms with E-state index in [9.17, 15) is 14.4 Å². The third-order valence-corrected chi connectivity index (χ3v) is 8.58. The molecule has 5 aromatic rings. The molecule has 0 amide bonds. The molecule has 0 aliphatic carbocycles. The van der Waals surface area contributed by atoms with Crippen LogP contribution in [0.2, 0.25) is 0 Å². The molecule has 0 saturated heterocycles. The van der Waals surface area contributed by atoms with Gasteiger partial charge in [0.05, 0.1) is 48.9 Å². The quantitative estimate of drug-likeness (QED) is 0.181. The van der Waals surface area contributed by atoms with Crippen LogP contribution in [0.1, 0.15) is 31.0 Å². The van der Waals surface area contributed by atoms with E-state index in [1.807, 2.05) is 60.8 Å². The zero-order chi connectivity index (χ0) is 33.2. The number of nitrogens with zero attached hydrogens (tertiary/aromatic N) is 4. The Bertz CT molecular complexity index is 2210. The number of aromatic nitrogens is 3. The van der Waals surface area contributed by atoms with E-state index in [0.29, 0.717) is 37.6 Å². The van der Waals surface area contributed by atoms with E-state index in [-0.39, 0.29) is 22.6 Å². The van der Waals surface area contributed by atoms with Crippen LogP contribution < -0.4 is 29.1 Å². The van der Waals surface area contributed by atoms with Gasteiger partial charge in [-0.1, -0.05) is 35.6 Å². The van der Waals surface area contributed by atoms with Crippen LogP contribution in [-0.4, -0.2) is 47.6 Å². The second-order valence-electron chi connectivity index (χ2n) is 10.5. The number of para-hydroxylation sites is 1. The van der Waals surface area contributed by atoms with Crippen molar-refractivity contribution in [3.8, 4) is 34.2 Å². The van der Waals surface area contributed by atoms with Crippen LogP contribution in [0.4, 0.5) is 0 Å². The van der Waals surface area contributed by atoms with E-state index in [1.54, 1.807) is 43.0 Å². The van der Waals surface area contributed by atoms with Gasteiger partial charge in [-0.25, -0.2) is 14.5 Å². The third-order valence-electron chi connectivity index (χ3n) is 7.60. The van der Waals surface area contributed by atoms with Crippen LogP contribution >= 0.6 is 11.3 Å². The van der Waals surface area contributed by atoms with E-state index in [4.69, 9.17) is 24.0 Å². The molecule has 0 fully saturated rings. The Morgan fingerprint density at radius 3 is 2.34 bits per heavy atom. The monoisotopic (exact) mass is 650 g/mol. The number of hydrogen-bond acceptors (Lipinski definition) is 10. The number of fused-ring (bicyclic) bond motifs is 1. The topological polar surface area (TPSA) is 123 Å². The van der Waals surface area contributed by atoms with Crippen molar-refractivity contribution >= 4 is 29.4 Å². The van der Waals surface area contributed by atoms with Gasteiger partial charge in [-0.15, -0.1) is 0 Å². The lowest BCUT2D eigenvalue weighted by molar-refractivity contribution is -0.136. The van der Waals surface area contributed by atoms with Crippen molar-refractivity contribution in [3.05, 3.63) is 121 Å². The Morgan fingerprint density at radius 2 is 1.68 bits per heavy atom. The lowest BCUT2D eigenvalue weighted by Crippen LogP contribution is -2.39. The van der Waals surface area contributed by atoms with Crippen LogP contribution in [-0.2, 0) is 14.3 Å². The molecule has 0 radical (unpaired) electrons. The molecule has 1 aliphatic rings. The van der Waals surface area contributed by atoms with E-state index in [2.05, 4.69) is 4.99 Å². The Morgan fingerprint density at radius 1 is 0.936 bits per heavy atom. The molecule has 0 spiro atoms. The second-order valence-corrected chi connectivity index (χ2v) is 11.5. The molecule has 1 atom stereocenters.